The van der Waals surface area contributed by atoms with Crippen molar-refractivity contribution in [3.63, 3.8) is 0 Å². The van der Waals surface area contributed by atoms with Crippen LogP contribution in [0.15, 0.2) is 22.1 Å². The second kappa shape index (κ2) is 2.52. The van der Waals surface area contributed by atoms with Crippen molar-refractivity contribution < 1.29 is 4.84 Å². The van der Waals surface area contributed by atoms with E-state index in [-0.39, 0.29) is 0 Å². The van der Waals surface area contributed by atoms with E-state index in [0.29, 0.717) is 5.25 Å². The standard InChI is InChI=1S/C8H7NOS2/c1-2-11-7-3-5-8(4-9-10-5)12-6(1)7/h1-3,8-9H,4H2. The third-order valence-electron chi connectivity index (χ3n) is 1.98. The fraction of sp³-hybridized carbons (Fsp3) is 0.250. The quantitative estimate of drug-likeness (QED) is 0.688. The minimum Gasteiger partial charge on any atom is -0.412 e. The molecule has 2 nitrogen and oxygen atoms in total. The number of rotatable bonds is 0. The van der Waals surface area contributed by atoms with Crippen molar-refractivity contribution in [1.82, 2.24) is 5.48 Å². The molecular formula is C8H7NOS2. The molecule has 62 valence electrons. The molecule has 1 fully saturated rings. The second-order valence-electron chi connectivity index (χ2n) is 2.75. The second-order valence-corrected chi connectivity index (χ2v) is 4.95. The number of hydroxylamine groups is 1. The Kier molecular flexibility index (Phi) is 1.47. The van der Waals surface area contributed by atoms with Crippen molar-refractivity contribution in [2.45, 2.75) is 10.1 Å². The van der Waals surface area contributed by atoms with E-state index < -0.39 is 0 Å². The van der Waals surface area contributed by atoms with E-state index in [0.717, 1.165) is 12.3 Å². The lowest BCUT2D eigenvalue weighted by Gasteiger charge is -2.12. The Morgan fingerprint density at radius 1 is 1.58 bits per heavy atom. The van der Waals surface area contributed by atoms with E-state index in [1.54, 1.807) is 11.3 Å². The zero-order chi connectivity index (χ0) is 7.97. The molecule has 0 bridgehead atoms. The number of fused-ring (bicyclic) bond motifs is 2. The molecule has 1 atom stereocenters. The molecule has 0 aromatic carbocycles. The van der Waals surface area contributed by atoms with Gasteiger partial charge in [0.2, 0.25) is 0 Å². The van der Waals surface area contributed by atoms with Gasteiger partial charge in [-0.15, -0.1) is 23.1 Å². The van der Waals surface area contributed by atoms with Crippen LogP contribution in [0.3, 0.4) is 0 Å². The minimum atomic E-state index is 0.493. The number of nitrogens with one attached hydrogen (secondary N) is 1. The normalized spacial score (nSPS) is 25.7. The van der Waals surface area contributed by atoms with E-state index in [1.807, 2.05) is 11.8 Å². The lowest BCUT2D eigenvalue weighted by atomic mass is 10.3. The monoisotopic (exact) mass is 197 g/mol. The van der Waals surface area contributed by atoms with Gasteiger partial charge in [0.1, 0.15) is 5.76 Å². The van der Waals surface area contributed by atoms with Gasteiger partial charge in [0.15, 0.2) is 0 Å². The van der Waals surface area contributed by atoms with Crippen LogP contribution in [0.4, 0.5) is 0 Å². The predicted octanol–water partition coefficient (Wildman–Crippen LogP) is 2.10. The van der Waals surface area contributed by atoms with Crippen molar-refractivity contribution in [2.24, 2.45) is 0 Å². The summed E-state index contributed by atoms with van der Waals surface area (Å²) in [6.45, 7) is 0.922. The fourth-order valence-electron chi connectivity index (χ4n) is 1.38. The van der Waals surface area contributed by atoms with Gasteiger partial charge >= 0.3 is 0 Å². The summed E-state index contributed by atoms with van der Waals surface area (Å²) in [6.07, 6.45) is 2.14. The van der Waals surface area contributed by atoms with Crippen molar-refractivity contribution in [3.05, 3.63) is 22.1 Å². The highest BCUT2D eigenvalue weighted by atomic mass is 32.2. The molecule has 0 amide bonds. The maximum atomic E-state index is 5.28. The zero-order valence-electron chi connectivity index (χ0n) is 6.24. The van der Waals surface area contributed by atoms with E-state index in [9.17, 15) is 0 Å². The van der Waals surface area contributed by atoms with Gasteiger partial charge in [-0.2, -0.15) is 5.48 Å². The van der Waals surface area contributed by atoms with E-state index in [2.05, 4.69) is 23.0 Å². The van der Waals surface area contributed by atoms with Crippen LogP contribution in [-0.4, -0.2) is 11.8 Å². The molecule has 1 aromatic rings. The van der Waals surface area contributed by atoms with Crippen LogP contribution in [-0.2, 0) is 4.84 Å². The summed E-state index contributed by atoms with van der Waals surface area (Å²) in [6, 6.07) is 2.18. The molecule has 4 heteroatoms. The summed E-state index contributed by atoms with van der Waals surface area (Å²) in [5.74, 6) is 1.08. The van der Waals surface area contributed by atoms with Crippen LogP contribution >= 0.6 is 23.1 Å². The van der Waals surface area contributed by atoms with Gasteiger partial charge in [-0.25, -0.2) is 0 Å². The lowest BCUT2D eigenvalue weighted by Crippen LogP contribution is -2.10. The summed E-state index contributed by atoms with van der Waals surface area (Å²) >= 11 is 3.66. The molecule has 12 heavy (non-hydrogen) atoms. The van der Waals surface area contributed by atoms with Crippen LogP contribution in [0.2, 0.25) is 0 Å². The third kappa shape index (κ3) is 0.920. The van der Waals surface area contributed by atoms with Crippen LogP contribution in [0.25, 0.3) is 6.08 Å². The Hall–Kier alpha value is -0.450. The minimum absolute atomic E-state index is 0.493. The first kappa shape index (κ1) is 7.00. The molecule has 2 aliphatic heterocycles. The van der Waals surface area contributed by atoms with E-state index >= 15 is 0 Å². The molecule has 0 aliphatic carbocycles. The number of thiophene rings is 1. The molecule has 0 saturated carbocycles. The van der Waals surface area contributed by atoms with Crippen LogP contribution in [0.5, 0.6) is 0 Å². The van der Waals surface area contributed by atoms with Gasteiger partial charge in [-0.05, 0) is 17.5 Å². The number of hydrogen-bond acceptors (Lipinski definition) is 4. The first-order valence-electron chi connectivity index (χ1n) is 3.79. The molecule has 0 radical (unpaired) electrons. The molecule has 2 aliphatic rings. The van der Waals surface area contributed by atoms with Gasteiger partial charge in [-0.1, -0.05) is 0 Å². The highest BCUT2D eigenvalue weighted by Gasteiger charge is 2.28. The SMILES string of the molecule is C1=C2ONCC2Sc2ccsc21. The molecule has 0 spiro atoms. The summed E-state index contributed by atoms with van der Waals surface area (Å²) in [5, 5.41) is 2.62. The largest absolute Gasteiger partial charge is 0.412 e. The first-order chi connectivity index (χ1) is 5.93. The molecule has 1 aromatic heterocycles. The summed E-state index contributed by atoms with van der Waals surface area (Å²) in [4.78, 5) is 8.00. The Bertz CT molecular complexity index is 345. The van der Waals surface area contributed by atoms with Gasteiger partial charge < -0.3 is 4.84 Å². The fourth-order valence-corrected chi connectivity index (χ4v) is 3.49. The highest BCUT2D eigenvalue weighted by molar-refractivity contribution is 8.00. The summed E-state index contributed by atoms with van der Waals surface area (Å²) < 4.78 is 0. The zero-order valence-corrected chi connectivity index (χ0v) is 7.87. The topological polar surface area (TPSA) is 21.3 Å². The number of hydrogen-bond donors (Lipinski definition) is 1. The van der Waals surface area contributed by atoms with Crippen molar-refractivity contribution in [2.75, 3.05) is 6.54 Å². The van der Waals surface area contributed by atoms with Crippen molar-refractivity contribution >= 4 is 29.2 Å². The van der Waals surface area contributed by atoms with Gasteiger partial charge in [-0.3, -0.25) is 0 Å². The Morgan fingerprint density at radius 2 is 2.58 bits per heavy atom. The predicted molar refractivity (Wildman–Crippen MR) is 51.0 cm³/mol. The lowest BCUT2D eigenvalue weighted by molar-refractivity contribution is 0.158. The molecule has 1 unspecified atom stereocenters. The maximum absolute atomic E-state index is 5.28. The Morgan fingerprint density at radius 3 is 3.58 bits per heavy atom. The first-order valence-corrected chi connectivity index (χ1v) is 5.55. The summed E-state index contributed by atoms with van der Waals surface area (Å²) in [5.41, 5.74) is 2.90. The smallest absolute Gasteiger partial charge is 0.140 e. The third-order valence-corrected chi connectivity index (χ3v) is 4.26. The molecule has 1 saturated heterocycles. The van der Waals surface area contributed by atoms with Gasteiger partial charge in [0.25, 0.3) is 0 Å². The Labute approximate surface area is 78.6 Å². The summed E-state index contributed by atoms with van der Waals surface area (Å²) in [7, 11) is 0. The average molecular weight is 197 g/mol. The molecule has 1 N–H and O–H groups in total. The van der Waals surface area contributed by atoms with Gasteiger partial charge in [0.05, 0.1) is 11.8 Å². The molecular weight excluding hydrogens is 190 g/mol. The highest BCUT2D eigenvalue weighted by Crippen LogP contribution is 2.41. The number of thioether (sulfide) groups is 1. The van der Waals surface area contributed by atoms with Crippen molar-refractivity contribution in [3.8, 4) is 0 Å². The van der Waals surface area contributed by atoms with Gasteiger partial charge in [0, 0.05) is 9.77 Å². The maximum Gasteiger partial charge on any atom is 0.140 e. The molecule has 3 heterocycles. The van der Waals surface area contributed by atoms with Crippen molar-refractivity contribution in [1.29, 1.82) is 0 Å². The Balaban J connectivity index is 2.09. The van der Waals surface area contributed by atoms with Crippen LogP contribution in [0, 0.1) is 0 Å². The van der Waals surface area contributed by atoms with E-state index in [4.69, 9.17) is 4.84 Å². The molecule has 3 rings (SSSR count). The average Bonchev–Trinajstić information content (AvgIpc) is 2.64. The van der Waals surface area contributed by atoms with Crippen LogP contribution in [0.1, 0.15) is 4.88 Å². The van der Waals surface area contributed by atoms with Crippen LogP contribution < -0.4 is 5.48 Å². The van der Waals surface area contributed by atoms with E-state index in [1.165, 1.54) is 9.77 Å².